The Bertz CT molecular complexity index is 893. The Kier molecular flexibility index (Phi) is 3.89. The average Bonchev–Trinajstić information content (AvgIpc) is 3.34. The van der Waals surface area contributed by atoms with Crippen LogP contribution in [0.3, 0.4) is 0 Å². The Balaban J connectivity index is 1.43. The maximum absolute atomic E-state index is 12.4. The smallest absolute Gasteiger partial charge is 0.230 e. The van der Waals surface area contributed by atoms with Crippen molar-refractivity contribution in [3.05, 3.63) is 54.2 Å². The number of ether oxygens (including phenoxy) is 1. The van der Waals surface area contributed by atoms with Crippen molar-refractivity contribution in [1.29, 1.82) is 0 Å². The number of hydrogen-bond acceptors (Lipinski definition) is 5. The van der Waals surface area contributed by atoms with Gasteiger partial charge in [-0.25, -0.2) is 0 Å². The predicted molar refractivity (Wildman–Crippen MR) is 92.1 cm³/mol. The highest BCUT2D eigenvalue weighted by Crippen LogP contribution is 2.50. The number of methoxy groups -OCH3 is 1. The van der Waals surface area contributed by atoms with Gasteiger partial charge in [-0.3, -0.25) is 15.1 Å². The molecule has 1 saturated carbocycles. The van der Waals surface area contributed by atoms with Crippen LogP contribution in [0, 0.1) is 5.92 Å². The second-order valence-electron chi connectivity index (χ2n) is 5.92. The minimum Gasteiger partial charge on any atom is -0.496 e. The lowest BCUT2D eigenvalue weighted by atomic mass is 10.1. The molecule has 2 atom stereocenters. The molecular formula is C18H17N5O2. The first-order valence-corrected chi connectivity index (χ1v) is 8.04. The van der Waals surface area contributed by atoms with Gasteiger partial charge in [0.25, 0.3) is 0 Å². The number of amides is 1. The van der Waals surface area contributed by atoms with Gasteiger partial charge in [-0.1, -0.05) is 24.3 Å². The maximum atomic E-state index is 12.4. The molecule has 4 rings (SSSR count). The fourth-order valence-electron chi connectivity index (χ4n) is 2.95. The zero-order valence-electron chi connectivity index (χ0n) is 13.6. The summed E-state index contributed by atoms with van der Waals surface area (Å²) in [6, 6.07) is 13.3. The van der Waals surface area contributed by atoms with E-state index in [0.29, 0.717) is 17.5 Å². The minimum absolute atomic E-state index is 0.0698. The van der Waals surface area contributed by atoms with Crippen LogP contribution in [0.25, 0.3) is 11.5 Å². The van der Waals surface area contributed by atoms with Crippen molar-refractivity contribution in [1.82, 2.24) is 20.2 Å². The molecule has 0 saturated heterocycles. The summed E-state index contributed by atoms with van der Waals surface area (Å²) in [5, 5.41) is 10.8. The number of nitrogens with one attached hydrogen (secondary N) is 2. The molecule has 2 N–H and O–H groups in total. The van der Waals surface area contributed by atoms with Crippen LogP contribution < -0.4 is 10.1 Å². The summed E-state index contributed by atoms with van der Waals surface area (Å²) in [5.41, 5.74) is 1.74. The Morgan fingerprint density at radius 1 is 1.20 bits per heavy atom. The van der Waals surface area contributed by atoms with E-state index in [1.165, 1.54) is 0 Å². The van der Waals surface area contributed by atoms with Crippen LogP contribution in [0.2, 0.25) is 0 Å². The molecule has 1 aliphatic rings. The van der Waals surface area contributed by atoms with Crippen molar-refractivity contribution in [2.75, 3.05) is 12.4 Å². The zero-order chi connectivity index (χ0) is 17.2. The first kappa shape index (κ1) is 15.3. The van der Waals surface area contributed by atoms with Gasteiger partial charge in [0.2, 0.25) is 11.9 Å². The maximum Gasteiger partial charge on any atom is 0.230 e. The van der Waals surface area contributed by atoms with Gasteiger partial charge in [-0.05, 0) is 36.1 Å². The van der Waals surface area contributed by atoms with Gasteiger partial charge in [-0.2, -0.15) is 0 Å². The van der Waals surface area contributed by atoms with E-state index >= 15 is 0 Å². The number of aromatic nitrogens is 4. The van der Waals surface area contributed by atoms with Crippen LogP contribution in [0.4, 0.5) is 5.95 Å². The summed E-state index contributed by atoms with van der Waals surface area (Å²) in [6.45, 7) is 0. The predicted octanol–water partition coefficient (Wildman–Crippen LogP) is 2.62. The first-order valence-electron chi connectivity index (χ1n) is 8.04. The van der Waals surface area contributed by atoms with Gasteiger partial charge in [0.1, 0.15) is 11.4 Å². The number of para-hydroxylation sites is 1. The molecule has 1 aromatic carbocycles. The molecule has 126 valence electrons. The van der Waals surface area contributed by atoms with Gasteiger partial charge in [0.05, 0.1) is 7.11 Å². The molecule has 0 aliphatic heterocycles. The molecule has 25 heavy (non-hydrogen) atoms. The zero-order valence-corrected chi connectivity index (χ0v) is 13.6. The largest absolute Gasteiger partial charge is 0.496 e. The van der Waals surface area contributed by atoms with Crippen molar-refractivity contribution >= 4 is 11.9 Å². The number of pyridine rings is 1. The normalized spacial score (nSPS) is 18.6. The van der Waals surface area contributed by atoms with Crippen LogP contribution in [0.15, 0.2) is 48.7 Å². The van der Waals surface area contributed by atoms with E-state index in [2.05, 4.69) is 25.5 Å². The highest BCUT2D eigenvalue weighted by molar-refractivity contribution is 5.94. The summed E-state index contributed by atoms with van der Waals surface area (Å²) in [7, 11) is 1.64. The minimum atomic E-state index is -0.0836. The van der Waals surface area contributed by atoms with Gasteiger partial charge in [-0.15, -0.1) is 10.2 Å². The quantitative estimate of drug-likeness (QED) is 0.747. The highest BCUT2D eigenvalue weighted by atomic mass is 16.5. The molecule has 0 bridgehead atoms. The number of carbonyl (C=O) groups is 1. The second-order valence-corrected chi connectivity index (χ2v) is 5.92. The number of H-pyrrole nitrogens is 1. The number of benzene rings is 1. The summed E-state index contributed by atoms with van der Waals surface area (Å²) < 4.78 is 5.38. The standard InChI is InChI=1S/C18H17N5O2/c1-25-15-8-3-2-6-11(15)12-10-13(12)17(24)21-18-20-16(22-23-18)14-7-4-5-9-19-14/h2-9,12-13H,10H2,1H3,(H2,20,21,22,23,24). The fourth-order valence-corrected chi connectivity index (χ4v) is 2.95. The number of hydrogen-bond donors (Lipinski definition) is 2. The molecule has 2 unspecified atom stereocenters. The van der Waals surface area contributed by atoms with E-state index in [1.807, 2.05) is 42.5 Å². The Hall–Kier alpha value is -3.22. The van der Waals surface area contributed by atoms with E-state index in [4.69, 9.17) is 4.74 Å². The van der Waals surface area contributed by atoms with Gasteiger partial charge < -0.3 is 9.72 Å². The number of rotatable bonds is 5. The van der Waals surface area contributed by atoms with E-state index in [-0.39, 0.29) is 17.7 Å². The van der Waals surface area contributed by atoms with Gasteiger partial charge >= 0.3 is 0 Å². The molecule has 1 aliphatic carbocycles. The summed E-state index contributed by atoms with van der Waals surface area (Å²) >= 11 is 0. The van der Waals surface area contributed by atoms with E-state index in [0.717, 1.165) is 17.7 Å². The lowest BCUT2D eigenvalue weighted by Gasteiger charge is -2.07. The first-order chi connectivity index (χ1) is 12.3. The van der Waals surface area contributed by atoms with E-state index in [1.54, 1.807) is 13.3 Å². The second kappa shape index (κ2) is 6.35. The van der Waals surface area contributed by atoms with Crippen LogP contribution in [-0.2, 0) is 4.79 Å². The SMILES string of the molecule is COc1ccccc1C1CC1C(=O)Nc1nnc(-c2ccccn2)[nH]1. The molecule has 0 radical (unpaired) electrons. The highest BCUT2D eigenvalue weighted by Gasteiger charge is 2.45. The number of aromatic amines is 1. The molecule has 1 fully saturated rings. The van der Waals surface area contributed by atoms with Gasteiger partial charge in [0.15, 0.2) is 5.82 Å². The van der Waals surface area contributed by atoms with Gasteiger partial charge in [0, 0.05) is 12.1 Å². The summed E-state index contributed by atoms with van der Waals surface area (Å²) in [4.78, 5) is 19.6. The van der Waals surface area contributed by atoms with Crippen molar-refractivity contribution in [3.63, 3.8) is 0 Å². The van der Waals surface area contributed by atoms with Crippen molar-refractivity contribution in [3.8, 4) is 17.3 Å². The van der Waals surface area contributed by atoms with E-state index < -0.39 is 0 Å². The lowest BCUT2D eigenvalue weighted by Crippen LogP contribution is -2.15. The van der Waals surface area contributed by atoms with E-state index in [9.17, 15) is 4.79 Å². The van der Waals surface area contributed by atoms with Crippen LogP contribution in [0.5, 0.6) is 5.75 Å². The molecule has 2 heterocycles. The molecule has 1 amide bonds. The molecule has 7 nitrogen and oxygen atoms in total. The van der Waals surface area contributed by atoms with Crippen LogP contribution in [-0.4, -0.2) is 33.2 Å². The molecular weight excluding hydrogens is 318 g/mol. The third-order valence-corrected chi connectivity index (χ3v) is 4.30. The lowest BCUT2D eigenvalue weighted by molar-refractivity contribution is -0.117. The third-order valence-electron chi connectivity index (χ3n) is 4.30. The number of anilines is 1. The molecule has 3 aromatic rings. The Labute approximate surface area is 144 Å². The molecule has 0 spiro atoms. The topological polar surface area (TPSA) is 92.8 Å². The fraction of sp³-hybridized carbons (Fsp3) is 0.222. The number of carbonyl (C=O) groups excluding carboxylic acids is 1. The third kappa shape index (κ3) is 3.08. The Morgan fingerprint density at radius 2 is 2.04 bits per heavy atom. The number of nitrogens with zero attached hydrogens (tertiary/aromatic N) is 3. The summed E-state index contributed by atoms with van der Waals surface area (Å²) in [6.07, 6.45) is 2.48. The monoisotopic (exact) mass is 335 g/mol. The summed E-state index contributed by atoms with van der Waals surface area (Å²) in [5.74, 6) is 1.69. The average molecular weight is 335 g/mol. The van der Waals surface area contributed by atoms with Crippen LogP contribution >= 0.6 is 0 Å². The van der Waals surface area contributed by atoms with Crippen molar-refractivity contribution in [2.24, 2.45) is 5.92 Å². The Morgan fingerprint density at radius 3 is 2.84 bits per heavy atom. The van der Waals surface area contributed by atoms with Crippen LogP contribution in [0.1, 0.15) is 17.9 Å². The van der Waals surface area contributed by atoms with Crippen molar-refractivity contribution in [2.45, 2.75) is 12.3 Å². The van der Waals surface area contributed by atoms with Crippen molar-refractivity contribution < 1.29 is 9.53 Å². The molecule has 2 aromatic heterocycles. The molecule has 7 heteroatoms.